The summed E-state index contributed by atoms with van der Waals surface area (Å²) in [5.74, 6) is 0.610. The van der Waals surface area contributed by atoms with Crippen molar-refractivity contribution in [2.24, 2.45) is 26.4 Å². The summed E-state index contributed by atoms with van der Waals surface area (Å²) < 4.78 is 0. The third kappa shape index (κ3) is 4.84. The zero-order valence-corrected chi connectivity index (χ0v) is 17.2. The largest absolute Gasteiger partial charge is 0.151 e. The van der Waals surface area contributed by atoms with Crippen LogP contribution in [0.1, 0.15) is 19.4 Å². The van der Waals surface area contributed by atoms with Gasteiger partial charge in [0.2, 0.25) is 0 Å². The van der Waals surface area contributed by atoms with Gasteiger partial charge in [0.25, 0.3) is 0 Å². The van der Waals surface area contributed by atoms with Gasteiger partial charge >= 0.3 is 0 Å². The molecular weight excluding hydrogens is 368 g/mol. The van der Waals surface area contributed by atoms with E-state index in [9.17, 15) is 0 Å². The Morgan fingerprint density at radius 2 is 1.07 bits per heavy atom. The first kappa shape index (κ1) is 19.6. The molecule has 4 heteroatoms. The smallest absolute Gasteiger partial charge is 0.0935 e. The van der Waals surface area contributed by atoms with Crippen molar-refractivity contribution in [2.75, 3.05) is 0 Å². The second-order valence-electron chi connectivity index (χ2n) is 7.64. The van der Waals surface area contributed by atoms with E-state index in [4.69, 9.17) is 0 Å². The molecule has 4 aromatic carbocycles. The van der Waals surface area contributed by atoms with Gasteiger partial charge in [0.15, 0.2) is 0 Å². The van der Waals surface area contributed by atoms with Crippen molar-refractivity contribution in [3.05, 3.63) is 96.6 Å². The van der Waals surface area contributed by atoms with Crippen LogP contribution in [0.4, 0.5) is 22.7 Å². The van der Waals surface area contributed by atoms with E-state index < -0.39 is 0 Å². The van der Waals surface area contributed by atoms with Gasteiger partial charge in [-0.1, -0.05) is 62.4 Å². The summed E-state index contributed by atoms with van der Waals surface area (Å²) in [4.78, 5) is 0. The van der Waals surface area contributed by atoms with Crippen LogP contribution in [0.5, 0.6) is 0 Å². The van der Waals surface area contributed by atoms with Gasteiger partial charge in [-0.3, -0.25) is 0 Å². The van der Waals surface area contributed by atoms with Crippen LogP contribution in [0.3, 0.4) is 0 Å². The molecule has 0 aliphatic rings. The quantitative estimate of drug-likeness (QED) is 0.294. The molecule has 0 N–H and O–H groups in total. The minimum absolute atomic E-state index is 0.610. The Kier molecular flexibility index (Phi) is 6.04. The molecule has 0 aliphatic carbocycles. The molecule has 0 unspecified atom stereocenters. The van der Waals surface area contributed by atoms with Gasteiger partial charge in [-0.15, -0.1) is 5.11 Å². The Morgan fingerprint density at radius 3 is 1.70 bits per heavy atom. The summed E-state index contributed by atoms with van der Waals surface area (Å²) in [6.07, 6.45) is 1.05. The lowest BCUT2D eigenvalue weighted by molar-refractivity contribution is 0.650. The Bertz CT molecular complexity index is 1180. The van der Waals surface area contributed by atoms with E-state index in [0.29, 0.717) is 5.92 Å². The van der Waals surface area contributed by atoms with Crippen molar-refractivity contribution in [2.45, 2.75) is 20.3 Å². The molecule has 0 saturated carbocycles. The van der Waals surface area contributed by atoms with Crippen molar-refractivity contribution >= 4 is 33.5 Å². The molecule has 0 amide bonds. The van der Waals surface area contributed by atoms with Crippen LogP contribution in [-0.2, 0) is 6.42 Å². The molecule has 0 heterocycles. The fraction of sp³-hybridized carbons (Fsp3) is 0.154. The number of benzene rings is 4. The SMILES string of the molecule is CC(C)Cc1ccc(N=Nc2ccc(N=Nc3ccccc3)cc2)c2ccccc12. The van der Waals surface area contributed by atoms with Gasteiger partial charge in [0.1, 0.15) is 0 Å². The summed E-state index contributed by atoms with van der Waals surface area (Å²) >= 11 is 0. The molecule has 4 nitrogen and oxygen atoms in total. The highest BCUT2D eigenvalue weighted by atomic mass is 15.1. The van der Waals surface area contributed by atoms with Gasteiger partial charge in [0.05, 0.1) is 22.7 Å². The lowest BCUT2D eigenvalue weighted by Gasteiger charge is -2.10. The van der Waals surface area contributed by atoms with Crippen molar-refractivity contribution in [1.82, 2.24) is 0 Å². The normalized spacial score (nSPS) is 11.8. The van der Waals surface area contributed by atoms with Crippen LogP contribution in [-0.4, -0.2) is 0 Å². The van der Waals surface area contributed by atoms with Gasteiger partial charge in [-0.05, 0) is 65.8 Å². The third-order valence-electron chi connectivity index (χ3n) is 4.78. The number of hydrogen-bond donors (Lipinski definition) is 0. The number of azo groups is 2. The summed E-state index contributed by atoms with van der Waals surface area (Å²) in [6.45, 7) is 4.48. The molecule has 4 rings (SSSR count). The van der Waals surface area contributed by atoms with E-state index in [0.717, 1.165) is 34.6 Å². The molecule has 4 aromatic rings. The lowest BCUT2D eigenvalue weighted by Crippen LogP contribution is -1.94. The van der Waals surface area contributed by atoms with E-state index in [2.05, 4.69) is 64.6 Å². The summed E-state index contributed by atoms with van der Waals surface area (Å²) in [6, 6.07) is 29.9. The van der Waals surface area contributed by atoms with Gasteiger partial charge in [0, 0.05) is 5.39 Å². The van der Waals surface area contributed by atoms with E-state index in [1.54, 1.807) is 0 Å². The summed E-state index contributed by atoms with van der Waals surface area (Å²) in [5.41, 5.74) is 4.62. The number of fused-ring (bicyclic) bond motifs is 1. The average molecular weight is 393 g/mol. The molecule has 30 heavy (non-hydrogen) atoms. The van der Waals surface area contributed by atoms with E-state index in [-0.39, 0.29) is 0 Å². The van der Waals surface area contributed by atoms with Crippen LogP contribution >= 0.6 is 0 Å². The minimum Gasteiger partial charge on any atom is -0.151 e. The predicted molar refractivity (Wildman–Crippen MR) is 124 cm³/mol. The zero-order valence-electron chi connectivity index (χ0n) is 17.2. The molecule has 0 bridgehead atoms. The first-order valence-electron chi connectivity index (χ1n) is 10.2. The van der Waals surface area contributed by atoms with Crippen LogP contribution in [0.15, 0.2) is 111 Å². The highest BCUT2D eigenvalue weighted by Gasteiger charge is 2.07. The fourth-order valence-corrected chi connectivity index (χ4v) is 3.36. The number of hydrogen-bond acceptors (Lipinski definition) is 4. The lowest BCUT2D eigenvalue weighted by atomic mass is 9.96. The molecule has 0 spiro atoms. The van der Waals surface area contributed by atoms with E-state index in [1.165, 1.54) is 10.9 Å². The van der Waals surface area contributed by atoms with Crippen molar-refractivity contribution in [3.8, 4) is 0 Å². The molecule has 148 valence electrons. The van der Waals surface area contributed by atoms with E-state index in [1.807, 2.05) is 60.7 Å². The van der Waals surface area contributed by atoms with Crippen molar-refractivity contribution in [1.29, 1.82) is 0 Å². The van der Waals surface area contributed by atoms with E-state index >= 15 is 0 Å². The Balaban J connectivity index is 1.54. The summed E-state index contributed by atoms with van der Waals surface area (Å²) in [7, 11) is 0. The number of nitrogens with zero attached hydrogens (tertiary/aromatic N) is 4. The van der Waals surface area contributed by atoms with Gasteiger partial charge in [-0.2, -0.15) is 15.3 Å². The van der Waals surface area contributed by atoms with Crippen LogP contribution in [0.2, 0.25) is 0 Å². The van der Waals surface area contributed by atoms with Gasteiger partial charge in [-0.25, -0.2) is 0 Å². The standard InChI is InChI=1S/C26H24N4/c1-19(2)18-20-12-17-26(25-11-7-6-10-24(20)25)30-29-23-15-13-22(14-16-23)28-27-21-8-4-3-5-9-21/h3-17,19H,18H2,1-2H3. The van der Waals surface area contributed by atoms with Crippen LogP contribution < -0.4 is 0 Å². The Morgan fingerprint density at radius 1 is 0.533 bits per heavy atom. The average Bonchev–Trinajstić information content (AvgIpc) is 2.78. The maximum absolute atomic E-state index is 4.52. The molecule has 0 radical (unpaired) electrons. The molecule has 0 atom stereocenters. The number of rotatable bonds is 6. The maximum atomic E-state index is 4.52. The highest BCUT2D eigenvalue weighted by molar-refractivity contribution is 5.94. The molecule has 0 aromatic heterocycles. The maximum Gasteiger partial charge on any atom is 0.0935 e. The van der Waals surface area contributed by atoms with Crippen molar-refractivity contribution < 1.29 is 0 Å². The zero-order chi connectivity index (χ0) is 20.8. The predicted octanol–water partition coefficient (Wildman–Crippen LogP) is 8.87. The van der Waals surface area contributed by atoms with Gasteiger partial charge < -0.3 is 0 Å². The Hall–Kier alpha value is -3.66. The second kappa shape index (κ2) is 9.23. The fourth-order valence-electron chi connectivity index (χ4n) is 3.36. The molecule has 0 fully saturated rings. The molecular formula is C26H24N4. The monoisotopic (exact) mass is 392 g/mol. The summed E-state index contributed by atoms with van der Waals surface area (Å²) in [5, 5.41) is 19.8. The van der Waals surface area contributed by atoms with Crippen LogP contribution in [0.25, 0.3) is 10.8 Å². The second-order valence-corrected chi connectivity index (χ2v) is 7.64. The first-order valence-corrected chi connectivity index (χ1v) is 10.2. The highest BCUT2D eigenvalue weighted by Crippen LogP contribution is 2.31. The van der Waals surface area contributed by atoms with Crippen molar-refractivity contribution in [3.63, 3.8) is 0 Å². The topological polar surface area (TPSA) is 49.4 Å². The van der Waals surface area contributed by atoms with Crippen LogP contribution in [0, 0.1) is 5.92 Å². The third-order valence-corrected chi connectivity index (χ3v) is 4.78. The Labute approximate surface area is 177 Å². The molecule has 0 saturated heterocycles. The minimum atomic E-state index is 0.610. The molecule has 0 aliphatic heterocycles. The first-order chi connectivity index (χ1) is 14.7.